The van der Waals surface area contributed by atoms with Gasteiger partial charge in [-0.1, -0.05) is 31.1 Å². The Hall–Kier alpha value is -2.04. The van der Waals surface area contributed by atoms with E-state index in [0.717, 1.165) is 36.1 Å². The van der Waals surface area contributed by atoms with Crippen LogP contribution in [0.5, 0.6) is 0 Å². The van der Waals surface area contributed by atoms with Crippen LogP contribution in [0.15, 0.2) is 29.4 Å². The van der Waals surface area contributed by atoms with Crippen LogP contribution in [0.4, 0.5) is 0 Å². The second-order valence-corrected chi connectivity index (χ2v) is 4.59. The molecule has 1 atom stereocenters. The summed E-state index contributed by atoms with van der Waals surface area (Å²) in [7, 11) is 0. The fourth-order valence-electron chi connectivity index (χ4n) is 2.43. The fourth-order valence-corrected chi connectivity index (χ4v) is 2.43. The minimum Gasteiger partial charge on any atom is -0.409 e. The molecule has 1 aromatic carbocycles. The number of benzene rings is 1. The molecule has 3 N–H and O–H groups in total. The largest absolute Gasteiger partial charge is 0.409 e. The number of hydrogen-bond acceptors (Lipinski definition) is 3. The molecule has 1 unspecified atom stereocenters. The second kappa shape index (κ2) is 5.73. The Kier molecular flexibility index (Phi) is 4.04. The van der Waals surface area contributed by atoms with Crippen molar-refractivity contribution in [1.82, 2.24) is 9.55 Å². The number of aromatic nitrogens is 2. The third kappa shape index (κ3) is 2.41. The van der Waals surface area contributed by atoms with Gasteiger partial charge < -0.3 is 15.5 Å². The van der Waals surface area contributed by atoms with Crippen LogP contribution in [0.1, 0.15) is 38.6 Å². The number of imidazole rings is 1. The van der Waals surface area contributed by atoms with E-state index in [0.29, 0.717) is 0 Å². The average Bonchev–Trinajstić information content (AvgIpc) is 2.78. The molecule has 2 aromatic rings. The van der Waals surface area contributed by atoms with Crippen molar-refractivity contribution in [3.63, 3.8) is 0 Å². The fraction of sp³-hybridized carbons (Fsp3) is 0.429. The summed E-state index contributed by atoms with van der Waals surface area (Å²) in [6.07, 6.45) is 2.65. The average molecular weight is 260 g/mol. The lowest BCUT2D eigenvalue weighted by Crippen LogP contribution is -2.27. The van der Waals surface area contributed by atoms with E-state index in [9.17, 15) is 0 Å². The van der Waals surface area contributed by atoms with Gasteiger partial charge in [0.05, 0.1) is 17.1 Å². The Balaban J connectivity index is 2.63. The van der Waals surface area contributed by atoms with Gasteiger partial charge in [-0.15, -0.1) is 0 Å². The number of para-hydroxylation sites is 2. The van der Waals surface area contributed by atoms with Gasteiger partial charge in [0.15, 0.2) is 5.84 Å². The van der Waals surface area contributed by atoms with Crippen molar-refractivity contribution in [2.24, 2.45) is 10.9 Å². The van der Waals surface area contributed by atoms with Gasteiger partial charge in [0.1, 0.15) is 5.82 Å². The lowest BCUT2D eigenvalue weighted by Gasteiger charge is -2.19. The van der Waals surface area contributed by atoms with E-state index in [4.69, 9.17) is 10.9 Å². The summed E-state index contributed by atoms with van der Waals surface area (Å²) >= 11 is 0. The Morgan fingerprint density at radius 1 is 1.42 bits per heavy atom. The van der Waals surface area contributed by atoms with Crippen molar-refractivity contribution < 1.29 is 5.21 Å². The van der Waals surface area contributed by atoms with Crippen molar-refractivity contribution in [3.05, 3.63) is 30.1 Å². The molecule has 0 spiro atoms. The van der Waals surface area contributed by atoms with Gasteiger partial charge in [-0.05, 0) is 25.0 Å². The highest BCUT2D eigenvalue weighted by Gasteiger charge is 2.20. The molecule has 102 valence electrons. The molecule has 2 rings (SSSR count). The van der Waals surface area contributed by atoms with Gasteiger partial charge in [-0.3, -0.25) is 0 Å². The quantitative estimate of drug-likeness (QED) is 0.375. The van der Waals surface area contributed by atoms with Crippen molar-refractivity contribution in [3.8, 4) is 0 Å². The molecule has 0 saturated carbocycles. The first kappa shape index (κ1) is 13.4. The van der Waals surface area contributed by atoms with E-state index in [1.165, 1.54) is 0 Å². The van der Waals surface area contributed by atoms with E-state index in [1.54, 1.807) is 0 Å². The summed E-state index contributed by atoms with van der Waals surface area (Å²) in [5, 5.41) is 12.1. The zero-order chi connectivity index (χ0) is 13.8. The summed E-state index contributed by atoms with van der Waals surface area (Å²) in [6, 6.07) is 7.81. The zero-order valence-corrected chi connectivity index (χ0v) is 11.4. The van der Waals surface area contributed by atoms with Crippen LogP contribution in [0.2, 0.25) is 0 Å². The molecule has 5 nitrogen and oxygen atoms in total. The minimum atomic E-state index is -0.154. The van der Waals surface area contributed by atoms with Crippen molar-refractivity contribution in [2.45, 2.75) is 39.2 Å². The van der Waals surface area contributed by atoms with Crippen LogP contribution in [0.3, 0.4) is 0 Å². The number of nitrogens with zero attached hydrogens (tertiary/aromatic N) is 3. The molecule has 1 aromatic heterocycles. The summed E-state index contributed by atoms with van der Waals surface area (Å²) in [5.74, 6) is 1.21. The van der Waals surface area contributed by atoms with Crippen molar-refractivity contribution >= 4 is 16.9 Å². The van der Waals surface area contributed by atoms with Gasteiger partial charge in [-0.2, -0.15) is 0 Å². The topological polar surface area (TPSA) is 76.4 Å². The molecule has 0 bridgehead atoms. The third-order valence-corrected chi connectivity index (χ3v) is 3.30. The van der Waals surface area contributed by atoms with E-state index < -0.39 is 0 Å². The van der Waals surface area contributed by atoms with Gasteiger partial charge in [0.25, 0.3) is 0 Å². The molecular weight excluding hydrogens is 240 g/mol. The Morgan fingerprint density at radius 3 is 2.79 bits per heavy atom. The van der Waals surface area contributed by atoms with E-state index in [1.807, 2.05) is 31.2 Å². The Labute approximate surface area is 112 Å². The second-order valence-electron chi connectivity index (χ2n) is 4.59. The van der Waals surface area contributed by atoms with E-state index in [-0.39, 0.29) is 11.9 Å². The first-order valence-corrected chi connectivity index (χ1v) is 6.66. The molecule has 0 saturated heterocycles. The van der Waals surface area contributed by atoms with Gasteiger partial charge >= 0.3 is 0 Å². The lowest BCUT2D eigenvalue weighted by atomic mass is 10.1. The zero-order valence-electron chi connectivity index (χ0n) is 11.4. The molecule has 0 aliphatic heterocycles. The third-order valence-electron chi connectivity index (χ3n) is 3.30. The maximum Gasteiger partial charge on any atom is 0.162 e. The number of rotatable bonds is 5. The maximum atomic E-state index is 8.96. The standard InChI is InChI=1S/C14H20N4O/c1-3-7-13-16-10-8-5-6-9-12(10)18(13)11(4-2)14(15)17-19/h5-6,8-9,11,19H,3-4,7H2,1-2H3,(H2,15,17). The smallest absolute Gasteiger partial charge is 0.162 e. The molecule has 1 heterocycles. The van der Waals surface area contributed by atoms with Crippen LogP contribution >= 0.6 is 0 Å². The maximum absolute atomic E-state index is 8.96. The number of oxime groups is 1. The number of amidine groups is 1. The summed E-state index contributed by atoms with van der Waals surface area (Å²) in [6.45, 7) is 4.14. The normalized spacial score (nSPS) is 13.9. The SMILES string of the molecule is CCCc1nc2ccccc2n1C(CC)/C(N)=N/O. The van der Waals surface area contributed by atoms with Crippen LogP contribution < -0.4 is 5.73 Å². The van der Waals surface area contributed by atoms with Gasteiger partial charge in [0.2, 0.25) is 0 Å². The molecule has 0 amide bonds. The summed E-state index contributed by atoms with van der Waals surface area (Å²) < 4.78 is 2.09. The highest BCUT2D eigenvalue weighted by atomic mass is 16.4. The van der Waals surface area contributed by atoms with Crippen molar-refractivity contribution in [1.29, 1.82) is 0 Å². The molecular formula is C14H20N4O. The van der Waals surface area contributed by atoms with Crippen LogP contribution in [-0.2, 0) is 6.42 Å². The lowest BCUT2D eigenvalue weighted by molar-refractivity contribution is 0.313. The van der Waals surface area contributed by atoms with Crippen LogP contribution in [-0.4, -0.2) is 20.6 Å². The predicted molar refractivity (Wildman–Crippen MR) is 76.5 cm³/mol. The monoisotopic (exact) mass is 260 g/mol. The van der Waals surface area contributed by atoms with E-state index in [2.05, 4.69) is 21.6 Å². The molecule has 5 heteroatoms. The molecule has 0 fully saturated rings. The molecule has 0 radical (unpaired) electrons. The first-order valence-electron chi connectivity index (χ1n) is 6.66. The first-order chi connectivity index (χ1) is 9.22. The van der Waals surface area contributed by atoms with Crippen molar-refractivity contribution in [2.75, 3.05) is 0 Å². The number of aryl methyl sites for hydroxylation is 1. The number of nitrogens with two attached hydrogens (primary N) is 1. The number of fused-ring (bicyclic) bond motifs is 1. The highest BCUT2D eigenvalue weighted by Crippen LogP contribution is 2.24. The van der Waals surface area contributed by atoms with E-state index >= 15 is 0 Å². The predicted octanol–water partition coefficient (Wildman–Crippen LogP) is 2.69. The molecule has 19 heavy (non-hydrogen) atoms. The van der Waals surface area contributed by atoms with Gasteiger partial charge in [-0.25, -0.2) is 4.98 Å². The highest BCUT2D eigenvalue weighted by molar-refractivity contribution is 5.86. The Bertz CT molecular complexity index is 588. The molecule has 0 aliphatic carbocycles. The number of hydrogen-bond donors (Lipinski definition) is 2. The Morgan fingerprint density at radius 2 is 2.16 bits per heavy atom. The van der Waals surface area contributed by atoms with Gasteiger partial charge in [0, 0.05) is 6.42 Å². The van der Waals surface area contributed by atoms with Crippen LogP contribution in [0.25, 0.3) is 11.0 Å². The molecule has 0 aliphatic rings. The summed E-state index contributed by atoms with van der Waals surface area (Å²) in [5.41, 5.74) is 7.81. The van der Waals surface area contributed by atoms with Crippen LogP contribution in [0, 0.1) is 0 Å². The summed E-state index contributed by atoms with van der Waals surface area (Å²) in [4.78, 5) is 4.66. The minimum absolute atomic E-state index is 0.154.